The fraction of sp³-hybridized carbons (Fsp3) is 0.742. The molecule has 5 rings (SSSR count). The molecule has 7 atom stereocenters. The van der Waals surface area contributed by atoms with Crippen LogP contribution >= 0.6 is 0 Å². The average molecular weight is 499 g/mol. The van der Waals surface area contributed by atoms with E-state index >= 15 is 0 Å². The Bertz CT molecular complexity index is 841. The summed E-state index contributed by atoms with van der Waals surface area (Å²) in [5, 5.41) is 10.5. The van der Waals surface area contributed by atoms with Gasteiger partial charge in [0.15, 0.2) is 12.6 Å². The summed E-state index contributed by atoms with van der Waals surface area (Å²) in [6.07, 6.45) is 19.1. The van der Waals surface area contributed by atoms with Crippen molar-refractivity contribution in [3.8, 4) is 5.75 Å². The number of phenolic OH excluding ortho intramolecular Hbond substituents is 1. The molecule has 1 aromatic rings. The fourth-order valence-electron chi connectivity index (χ4n) is 6.82. The molecule has 5 nitrogen and oxygen atoms in total. The molecule has 1 N–H and O–H groups in total. The van der Waals surface area contributed by atoms with Gasteiger partial charge in [-0.3, -0.25) is 0 Å². The molecule has 5 heteroatoms. The minimum Gasteiger partial charge on any atom is -0.508 e. The van der Waals surface area contributed by atoms with Crippen LogP contribution in [0, 0.1) is 17.8 Å². The van der Waals surface area contributed by atoms with Gasteiger partial charge >= 0.3 is 0 Å². The van der Waals surface area contributed by atoms with Gasteiger partial charge in [-0.15, -0.1) is 0 Å². The van der Waals surface area contributed by atoms with Gasteiger partial charge in [0, 0.05) is 19.1 Å². The monoisotopic (exact) mass is 498 g/mol. The van der Waals surface area contributed by atoms with E-state index in [2.05, 4.69) is 25.1 Å². The summed E-state index contributed by atoms with van der Waals surface area (Å²) in [5.41, 5.74) is 2.45. The lowest BCUT2D eigenvalue weighted by molar-refractivity contribution is -0.193. The van der Waals surface area contributed by atoms with Crippen molar-refractivity contribution >= 4 is 0 Å². The maximum absolute atomic E-state index is 10.5. The number of fused-ring (bicyclic) bond motifs is 2. The number of ether oxygens (including phenoxy) is 4. The molecule has 2 saturated heterocycles. The van der Waals surface area contributed by atoms with Crippen LogP contribution in [0.2, 0.25) is 0 Å². The van der Waals surface area contributed by atoms with Crippen LogP contribution in [0.15, 0.2) is 30.4 Å². The lowest BCUT2D eigenvalue weighted by Gasteiger charge is -2.32. The van der Waals surface area contributed by atoms with Crippen molar-refractivity contribution in [1.29, 1.82) is 0 Å². The van der Waals surface area contributed by atoms with Crippen molar-refractivity contribution in [2.45, 2.75) is 115 Å². The van der Waals surface area contributed by atoms with E-state index in [-0.39, 0.29) is 24.8 Å². The molecular formula is C31H46O5. The van der Waals surface area contributed by atoms with E-state index in [1.54, 1.807) is 0 Å². The number of hydrogen-bond donors (Lipinski definition) is 1. The third-order valence-corrected chi connectivity index (χ3v) is 8.80. The smallest absolute Gasteiger partial charge is 0.158 e. The summed E-state index contributed by atoms with van der Waals surface area (Å²) in [5.74, 6) is 1.83. The van der Waals surface area contributed by atoms with Gasteiger partial charge in [-0.1, -0.05) is 50.5 Å². The van der Waals surface area contributed by atoms with Crippen molar-refractivity contribution < 1.29 is 24.1 Å². The van der Waals surface area contributed by atoms with E-state index in [1.807, 2.05) is 12.1 Å². The number of unbranched alkanes of at least 4 members (excludes halogenated alkanes) is 2. The first-order valence-electron chi connectivity index (χ1n) is 14.7. The topological polar surface area (TPSA) is 57.2 Å². The van der Waals surface area contributed by atoms with E-state index < -0.39 is 0 Å². The molecule has 200 valence electrons. The van der Waals surface area contributed by atoms with Crippen molar-refractivity contribution in [3.63, 3.8) is 0 Å². The van der Waals surface area contributed by atoms with Gasteiger partial charge in [0.1, 0.15) is 5.75 Å². The summed E-state index contributed by atoms with van der Waals surface area (Å²) in [6, 6.07) is 6.02. The molecule has 1 aromatic carbocycles. The summed E-state index contributed by atoms with van der Waals surface area (Å²) in [7, 11) is 0. The Morgan fingerprint density at radius 2 is 1.83 bits per heavy atom. The Balaban J connectivity index is 1.33. The third kappa shape index (κ3) is 6.53. The first kappa shape index (κ1) is 26.2. The lowest BCUT2D eigenvalue weighted by atomic mass is 9.74. The molecule has 0 aromatic heterocycles. The highest BCUT2D eigenvalue weighted by atomic mass is 16.7. The highest BCUT2D eigenvalue weighted by Gasteiger charge is 2.46. The predicted molar refractivity (Wildman–Crippen MR) is 141 cm³/mol. The maximum atomic E-state index is 10.5. The molecule has 1 saturated carbocycles. The minimum atomic E-state index is -0.0807. The Kier molecular flexibility index (Phi) is 9.40. The van der Waals surface area contributed by atoms with E-state index in [0.717, 1.165) is 70.1 Å². The van der Waals surface area contributed by atoms with Gasteiger partial charge in [0.25, 0.3) is 0 Å². The standard InChI is InChI=1S/C31H46O5/c1-2-3-4-11-24(35-30-13-5-7-17-33-30)15-16-25-26-19-22-10-9-12-28(32)27(22)20-23(26)21-29(25)36-31-14-6-8-18-34-31/h9-10,12,15-16,23-26,29-32H,2-8,11,13-14,17-21H2,1H3/b16-15+/t23?,24-,25+,26-,29+,30?,31?/m0/s1. The minimum absolute atomic E-state index is 0.0708. The molecule has 0 amide bonds. The molecule has 3 unspecified atom stereocenters. The number of hydrogen-bond acceptors (Lipinski definition) is 5. The quantitative estimate of drug-likeness (QED) is 0.287. The zero-order chi connectivity index (χ0) is 24.7. The third-order valence-electron chi connectivity index (χ3n) is 8.80. The first-order chi connectivity index (χ1) is 17.7. The van der Waals surface area contributed by atoms with Crippen molar-refractivity contribution in [1.82, 2.24) is 0 Å². The SMILES string of the molecule is CCCCC[C@@H](/C=C/[C@H]1[C@H](OC2CCCCO2)CC2Cc3c(O)cccc3C[C@@H]21)OC1CCCCO1. The molecule has 3 fully saturated rings. The van der Waals surface area contributed by atoms with Gasteiger partial charge < -0.3 is 24.1 Å². The molecule has 2 aliphatic carbocycles. The van der Waals surface area contributed by atoms with Crippen molar-refractivity contribution in [2.75, 3.05) is 13.2 Å². The fourth-order valence-corrected chi connectivity index (χ4v) is 6.82. The number of rotatable bonds is 10. The lowest BCUT2D eigenvalue weighted by Crippen LogP contribution is -2.32. The number of phenols is 1. The Hall–Kier alpha value is -1.40. The molecule has 0 bridgehead atoms. The second-order valence-electron chi connectivity index (χ2n) is 11.4. The van der Waals surface area contributed by atoms with Crippen LogP contribution in [0.4, 0.5) is 0 Å². The molecule has 2 heterocycles. The zero-order valence-corrected chi connectivity index (χ0v) is 22.1. The van der Waals surface area contributed by atoms with E-state index in [4.69, 9.17) is 18.9 Å². The summed E-state index contributed by atoms with van der Waals surface area (Å²) >= 11 is 0. The normalized spacial score (nSPS) is 33.4. The van der Waals surface area contributed by atoms with Gasteiger partial charge in [0.05, 0.1) is 12.2 Å². The highest BCUT2D eigenvalue weighted by Crippen LogP contribution is 2.48. The van der Waals surface area contributed by atoms with Gasteiger partial charge in [-0.2, -0.15) is 0 Å². The van der Waals surface area contributed by atoms with Gasteiger partial charge in [-0.05, 0) is 93.2 Å². The van der Waals surface area contributed by atoms with Crippen LogP contribution < -0.4 is 0 Å². The van der Waals surface area contributed by atoms with Crippen molar-refractivity contribution in [2.24, 2.45) is 17.8 Å². The maximum Gasteiger partial charge on any atom is 0.158 e. The Morgan fingerprint density at radius 1 is 1.03 bits per heavy atom. The second kappa shape index (κ2) is 12.9. The van der Waals surface area contributed by atoms with Crippen LogP contribution in [-0.2, 0) is 31.8 Å². The molecule has 4 aliphatic rings. The van der Waals surface area contributed by atoms with Crippen LogP contribution in [0.3, 0.4) is 0 Å². The second-order valence-corrected chi connectivity index (χ2v) is 11.4. The van der Waals surface area contributed by atoms with Crippen LogP contribution in [0.25, 0.3) is 0 Å². The number of aromatic hydroxyl groups is 1. The summed E-state index contributed by atoms with van der Waals surface area (Å²) in [6.45, 7) is 3.87. The van der Waals surface area contributed by atoms with Gasteiger partial charge in [0.2, 0.25) is 0 Å². The van der Waals surface area contributed by atoms with Crippen LogP contribution in [-0.4, -0.2) is 43.1 Å². The Morgan fingerprint density at radius 3 is 2.58 bits per heavy atom. The van der Waals surface area contributed by atoms with E-state index in [0.29, 0.717) is 23.5 Å². The average Bonchev–Trinajstić information content (AvgIpc) is 3.23. The summed E-state index contributed by atoms with van der Waals surface area (Å²) in [4.78, 5) is 0. The van der Waals surface area contributed by atoms with Crippen molar-refractivity contribution in [3.05, 3.63) is 41.5 Å². The summed E-state index contributed by atoms with van der Waals surface area (Å²) < 4.78 is 25.1. The Labute approximate surface area is 217 Å². The largest absolute Gasteiger partial charge is 0.508 e. The highest BCUT2D eigenvalue weighted by molar-refractivity contribution is 5.42. The van der Waals surface area contributed by atoms with E-state index in [1.165, 1.54) is 37.7 Å². The van der Waals surface area contributed by atoms with Crippen LogP contribution in [0.1, 0.15) is 88.7 Å². The molecular weight excluding hydrogens is 452 g/mol. The van der Waals surface area contributed by atoms with E-state index in [9.17, 15) is 5.11 Å². The zero-order valence-electron chi connectivity index (χ0n) is 22.1. The number of benzene rings is 1. The molecule has 36 heavy (non-hydrogen) atoms. The van der Waals surface area contributed by atoms with Gasteiger partial charge in [-0.25, -0.2) is 0 Å². The van der Waals surface area contributed by atoms with Crippen LogP contribution in [0.5, 0.6) is 5.75 Å². The molecule has 0 radical (unpaired) electrons. The molecule has 2 aliphatic heterocycles. The molecule has 0 spiro atoms. The predicted octanol–water partition coefficient (Wildman–Crippen LogP) is 6.70. The first-order valence-corrected chi connectivity index (χ1v) is 14.7.